The number of amides is 1. The van der Waals surface area contributed by atoms with Crippen LogP contribution in [0.25, 0.3) is 0 Å². The molecule has 2 aliphatic carbocycles. The molecule has 0 aromatic carbocycles. The Balaban J connectivity index is 1.76. The van der Waals surface area contributed by atoms with E-state index in [9.17, 15) is 13.2 Å². The first-order valence-corrected chi connectivity index (χ1v) is 8.86. The lowest BCUT2D eigenvalue weighted by Crippen LogP contribution is -2.37. The molecule has 20 heavy (non-hydrogen) atoms. The fourth-order valence-corrected chi connectivity index (χ4v) is 5.23. The molecular formula is C13H16N2O3S2. The van der Waals surface area contributed by atoms with Crippen molar-refractivity contribution < 1.29 is 13.2 Å². The van der Waals surface area contributed by atoms with Gasteiger partial charge in [0.25, 0.3) is 10.0 Å². The van der Waals surface area contributed by atoms with Crippen LogP contribution in [0.4, 0.5) is 0 Å². The van der Waals surface area contributed by atoms with Crippen LogP contribution in [0.3, 0.4) is 0 Å². The van der Waals surface area contributed by atoms with Gasteiger partial charge in [0.2, 0.25) is 10.2 Å². The van der Waals surface area contributed by atoms with Crippen molar-refractivity contribution in [2.75, 3.05) is 0 Å². The molecule has 3 atom stereocenters. The fourth-order valence-electron chi connectivity index (χ4n) is 2.89. The number of aryl methyl sites for hydroxylation is 2. The molecular weight excluding hydrogens is 296 g/mol. The van der Waals surface area contributed by atoms with Crippen LogP contribution in [0, 0.1) is 31.6 Å². The maximum atomic E-state index is 12.2. The van der Waals surface area contributed by atoms with Gasteiger partial charge < -0.3 is 0 Å². The van der Waals surface area contributed by atoms with E-state index >= 15 is 0 Å². The van der Waals surface area contributed by atoms with Crippen molar-refractivity contribution in [2.24, 2.45) is 17.8 Å². The van der Waals surface area contributed by atoms with Crippen molar-refractivity contribution in [3.63, 3.8) is 0 Å². The number of hydrogen-bond acceptors (Lipinski definition) is 5. The zero-order valence-electron chi connectivity index (χ0n) is 11.3. The Hall–Kier alpha value is -1.21. The third-order valence-electron chi connectivity index (χ3n) is 4.09. The van der Waals surface area contributed by atoms with E-state index in [1.54, 1.807) is 6.92 Å². The summed E-state index contributed by atoms with van der Waals surface area (Å²) < 4.78 is 26.5. The van der Waals surface area contributed by atoms with Crippen molar-refractivity contribution in [3.8, 4) is 0 Å². The maximum absolute atomic E-state index is 12.2. The molecule has 1 N–H and O–H groups in total. The average molecular weight is 312 g/mol. The zero-order valence-corrected chi connectivity index (χ0v) is 12.9. The molecule has 3 rings (SSSR count). The first-order valence-electron chi connectivity index (χ1n) is 6.56. The summed E-state index contributed by atoms with van der Waals surface area (Å²) in [5.41, 5.74) is 0.686. The van der Waals surface area contributed by atoms with Gasteiger partial charge in [-0.3, -0.25) is 4.79 Å². The van der Waals surface area contributed by atoms with E-state index < -0.39 is 15.9 Å². The number of rotatable bonds is 3. The van der Waals surface area contributed by atoms with Crippen molar-refractivity contribution in [1.82, 2.24) is 9.71 Å². The van der Waals surface area contributed by atoms with Crippen LogP contribution in [0.5, 0.6) is 0 Å². The monoisotopic (exact) mass is 312 g/mol. The second kappa shape index (κ2) is 4.66. The van der Waals surface area contributed by atoms with Crippen LogP contribution in [0.1, 0.15) is 23.4 Å². The topological polar surface area (TPSA) is 76.1 Å². The van der Waals surface area contributed by atoms with Crippen molar-refractivity contribution in [3.05, 3.63) is 22.7 Å². The molecule has 7 heteroatoms. The Morgan fingerprint density at radius 1 is 1.35 bits per heavy atom. The minimum atomic E-state index is -3.83. The van der Waals surface area contributed by atoms with E-state index in [-0.39, 0.29) is 16.2 Å². The van der Waals surface area contributed by atoms with Crippen molar-refractivity contribution in [1.29, 1.82) is 0 Å². The van der Waals surface area contributed by atoms with Gasteiger partial charge in [0.05, 0.1) is 5.69 Å². The molecule has 1 aromatic rings. The zero-order chi connectivity index (χ0) is 14.5. The molecule has 0 aliphatic heterocycles. The number of allylic oxidation sites excluding steroid dienone is 2. The normalized spacial score (nSPS) is 28.0. The molecule has 108 valence electrons. The van der Waals surface area contributed by atoms with Crippen LogP contribution < -0.4 is 4.72 Å². The lowest BCUT2D eigenvalue weighted by molar-refractivity contribution is -0.123. The highest BCUT2D eigenvalue weighted by Gasteiger charge is 2.41. The molecule has 2 aliphatic rings. The van der Waals surface area contributed by atoms with Crippen LogP contribution >= 0.6 is 11.3 Å². The molecule has 0 spiro atoms. The molecule has 2 bridgehead atoms. The molecule has 5 nitrogen and oxygen atoms in total. The van der Waals surface area contributed by atoms with Gasteiger partial charge in [0.15, 0.2) is 0 Å². The summed E-state index contributed by atoms with van der Waals surface area (Å²) in [6, 6.07) is 0. The fraction of sp³-hybridized carbons (Fsp3) is 0.538. The van der Waals surface area contributed by atoms with Gasteiger partial charge in [-0.15, -0.1) is 11.3 Å². The van der Waals surface area contributed by atoms with Crippen LogP contribution in [-0.4, -0.2) is 19.3 Å². The highest BCUT2D eigenvalue weighted by molar-refractivity contribution is 7.92. The van der Waals surface area contributed by atoms with Gasteiger partial charge in [-0.05, 0) is 38.5 Å². The summed E-state index contributed by atoms with van der Waals surface area (Å²) in [5, 5.41) is 0. The summed E-state index contributed by atoms with van der Waals surface area (Å²) in [6.07, 6.45) is 5.87. The van der Waals surface area contributed by atoms with E-state index in [1.165, 1.54) is 0 Å². The third kappa shape index (κ3) is 2.29. The number of fused-ring (bicyclic) bond motifs is 2. The largest absolute Gasteiger partial charge is 0.291 e. The second-order valence-corrected chi connectivity index (χ2v) is 8.54. The Morgan fingerprint density at radius 2 is 2.10 bits per heavy atom. The van der Waals surface area contributed by atoms with Gasteiger partial charge in [0, 0.05) is 10.8 Å². The number of sulfonamides is 1. The number of aromatic nitrogens is 1. The average Bonchev–Trinajstić information content (AvgIpc) is 3.05. The summed E-state index contributed by atoms with van der Waals surface area (Å²) in [7, 11) is -3.83. The number of carbonyl (C=O) groups excluding carboxylic acids is 1. The van der Waals surface area contributed by atoms with Crippen LogP contribution in [0.2, 0.25) is 0 Å². The molecule has 3 unspecified atom stereocenters. The maximum Gasteiger partial charge on any atom is 0.291 e. The molecule has 1 amide bonds. The third-order valence-corrected chi connectivity index (χ3v) is 6.89. The van der Waals surface area contributed by atoms with E-state index in [4.69, 9.17) is 0 Å². The molecule has 0 saturated heterocycles. The van der Waals surface area contributed by atoms with Crippen LogP contribution in [-0.2, 0) is 14.8 Å². The van der Waals surface area contributed by atoms with E-state index in [2.05, 4.69) is 15.8 Å². The first-order chi connectivity index (χ1) is 9.37. The van der Waals surface area contributed by atoms with Gasteiger partial charge in [-0.2, -0.15) is 8.42 Å². The predicted molar refractivity (Wildman–Crippen MR) is 75.8 cm³/mol. The lowest BCUT2D eigenvalue weighted by Gasteiger charge is -2.16. The van der Waals surface area contributed by atoms with Crippen molar-refractivity contribution >= 4 is 27.3 Å². The predicted octanol–water partition coefficient (Wildman–Crippen LogP) is 1.78. The summed E-state index contributed by atoms with van der Waals surface area (Å²) >= 11 is 1.09. The standard InChI is InChI=1S/C13H16N2O3S2/c1-7-8(2)19-13(14-7)20(17,18)15-12(16)11-6-9-3-4-10(11)5-9/h3-4,9-11H,5-6H2,1-2H3,(H,15,16). The highest BCUT2D eigenvalue weighted by Crippen LogP contribution is 2.43. The van der Waals surface area contributed by atoms with Crippen LogP contribution in [0.15, 0.2) is 16.5 Å². The van der Waals surface area contributed by atoms with Gasteiger partial charge in [0.1, 0.15) is 0 Å². The Labute approximate surface area is 122 Å². The van der Waals surface area contributed by atoms with E-state index in [0.717, 1.165) is 29.1 Å². The van der Waals surface area contributed by atoms with E-state index in [1.807, 2.05) is 13.0 Å². The Morgan fingerprint density at radius 3 is 2.60 bits per heavy atom. The van der Waals surface area contributed by atoms with E-state index in [0.29, 0.717) is 11.6 Å². The van der Waals surface area contributed by atoms with Gasteiger partial charge >= 0.3 is 0 Å². The molecule has 1 aromatic heterocycles. The van der Waals surface area contributed by atoms with Gasteiger partial charge in [-0.1, -0.05) is 12.2 Å². The van der Waals surface area contributed by atoms with Crippen molar-refractivity contribution in [2.45, 2.75) is 31.0 Å². The highest BCUT2D eigenvalue weighted by atomic mass is 32.2. The quantitative estimate of drug-likeness (QED) is 0.863. The second-order valence-electron chi connectivity index (χ2n) is 5.48. The number of nitrogens with zero attached hydrogens (tertiary/aromatic N) is 1. The minimum absolute atomic E-state index is 0.0282. The molecule has 1 heterocycles. The molecule has 0 radical (unpaired) electrons. The first kappa shape index (κ1) is 13.8. The number of hydrogen-bond donors (Lipinski definition) is 1. The number of carbonyl (C=O) groups is 1. The SMILES string of the molecule is Cc1nc(S(=O)(=O)NC(=O)C2CC3C=CC2C3)sc1C. The molecule has 1 fully saturated rings. The summed E-state index contributed by atoms with van der Waals surface area (Å²) in [5.74, 6) is 0.00654. The Kier molecular flexibility index (Phi) is 3.21. The molecule has 1 saturated carbocycles. The summed E-state index contributed by atoms with van der Waals surface area (Å²) in [6.45, 7) is 3.57. The number of nitrogens with one attached hydrogen (secondary N) is 1. The number of thiazole rings is 1. The van der Waals surface area contributed by atoms with Gasteiger partial charge in [-0.25, -0.2) is 9.71 Å². The minimum Gasteiger partial charge on any atom is -0.274 e. The Bertz CT molecular complexity index is 671. The summed E-state index contributed by atoms with van der Waals surface area (Å²) in [4.78, 5) is 17.0. The smallest absolute Gasteiger partial charge is 0.274 e. The lowest BCUT2D eigenvalue weighted by atomic mass is 9.93.